The van der Waals surface area contributed by atoms with Crippen molar-refractivity contribution in [3.05, 3.63) is 41.0 Å². The van der Waals surface area contributed by atoms with Crippen molar-refractivity contribution in [1.82, 2.24) is 4.98 Å². The Balaban J connectivity index is 2.19. The van der Waals surface area contributed by atoms with Crippen molar-refractivity contribution in [3.8, 4) is 0 Å². The third-order valence-electron chi connectivity index (χ3n) is 3.45. The first-order chi connectivity index (χ1) is 11.1. The van der Waals surface area contributed by atoms with Gasteiger partial charge in [0, 0.05) is 30.5 Å². The van der Waals surface area contributed by atoms with Crippen LogP contribution < -0.4 is 9.80 Å². The molecular weight excluding hydrogens is 329 g/mol. The molecule has 24 heavy (non-hydrogen) atoms. The first kappa shape index (κ1) is 18.1. The fraction of sp³-hybridized carbons (Fsp3) is 0.353. The molecule has 1 aromatic carbocycles. The molecule has 0 unspecified atom stereocenters. The van der Waals surface area contributed by atoms with Crippen LogP contribution in [0.15, 0.2) is 29.6 Å². The Labute approximate surface area is 144 Å². The van der Waals surface area contributed by atoms with E-state index in [-0.39, 0.29) is 11.8 Å². The van der Waals surface area contributed by atoms with E-state index in [9.17, 15) is 14.0 Å². The molecule has 0 atom stereocenters. The number of amides is 2. The summed E-state index contributed by atoms with van der Waals surface area (Å²) in [6.45, 7) is 5.51. The largest absolute Gasteiger partial charge is 0.299 e. The van der Waals surface area contributed by atoms with Crippen molar-refractivity contribution in [1.29, 1.82) is 0 Å². The average molecular weight is 349 g/mol. The van der Waals surface area contributed by atoms with Crippen LogP contribution in [0.2, 0.25) is 0 Å². The number of benzene rings is 1. The van der Waals surface area contributed by atoms with Crippen LogP contribution in [0.25, 0.3) is 0 Å². The first-order valence-corrected chi connectivity index (χ1v) is 8.26. The molecule has 2 aromatic rings. The van der Waals surface area contributed by atoms with Gasteiger partial charge in [-0.05, 0) is 24.3 Å². The minimum absolute atomic E-state index is 0.0631. The summed E-state index contributed by atoms with van der Waals surface area (Å²) in [7, 11) is 3.26. The number of nitrogens with zero attached hydrogens (tertiary/aromatic N) is 3. The lowest BCUT2D eigenvalue weighted by molar-refractivity contribution is -0.125. The number of anilines is 2. The minimum Gasteiger partial charge on any atom is -0.299 e. The van der Waals surface area contributed by atoms with Gasteiger partial charge >= 0.3 is 0 Å². The Morgan fingerprint density at radius 2 is 1.67 bits per heavy atom. The Bertz CT molecular complexity index is 750. The number of halogens is 1. The Morgan fingerprint density at radius 3 is 2.21 bits per heavy atom. The summed E-state index contributed by atoms with van der Waals surface area (Å²) >= 11 is 1.27. The molecule has 0 aliphatic rings. The van der Waals surface area contributed by atoms with Gasteiger partial charge in [-0.1, -0.05) is 20.8 Å². The zero-order valence-electron chi connectivity index (χ0n) is 14.3. The summed E-state index contributed by atoms with van der Waals surface area (Å²) in [6, 6.07) is 5.34. The molecule has 128 valence electrons. The number of aromatic nitrogens is 1. The maximum atomic E-state index is 13.0. The summed E-state index contributed by atoms with van der Waals surface area (Å²) < 4.78 is 13.0. The lowest BCUT2D eigenvalue weighted by Crippen LogP contribution is -2.37. The lowest BCUT2D eigenvalue weighted by Gasteiger charge is -2.24. The van der Waals surface area contributed by atoms with E-state index < -0.39 is 11.2 Å². The first-order valence-electron chi connectivity index (χ1n) is 7.38. The molecule has 0 aliphatic heterocycles. The fourth-order valence-corrected chi connectivity index (χ4v) is 2.85. The number of rotatable bonds is 3. The number of hydrogen-bond acceptors (Lipinski definition) is 4. The quantitative estimate of drug-likeness (QED) is 0.851. The molecule has 0 spiro atoms. The third-order valence-corrected chi connectivity index (χ3v) is 4.36. The number of carbonyl (C=O) groups is 2. The van der Waals surface area contributed by atoms with Crippen LogP contribution in [-0.2, 0) is 4.79 Å². The smallest absolute Gasteiger partial charge is 0.259 e. The van der Waals surface area contributed by atoms with Crippen molar-refractivity contribution in [2.24, 2.45) is 5.41 Å². The van der Waals surface area contributed by atoms with Gasteiger partial charge in [0.05, 0.1) is 0 Å². The molecular formula is C17H20FN3O2S. The molecule has 0 saturated heterocycles. The van der Waals surface area contributed by atoms with E-state index in [0.29, 0.717) is 16.5 Å². The summed E-state index contributed by atoms with van der Waals surface area (Å²) in [6.07, 6.45) is 0. The van der Waals surface area contributed by atoms with Crippen LogP contribution in [0.5, 0.6) is 0 Å². The van der Waals surface area contributed by atoms with E-state index in [4.69, 9.17) is 0 Å². The molecule has 2 amide bonds. The van der Waals surface area contributed by atoms with Gasteiger partial charge in [0.25, 0.3) is 5.91 Å². The Morgan fingerprint density at radius 1 is 1.08 bits per heavy atom. The zero-order chi connectivity index (χ0) is 18.1. The number of thiazole rings is 1. The van der Waals surface area contributed by atoms with E-state index in [1.165, 1.54) is 45.4 Å². The van der Waals surface area contributed by atoms with Crippen LogP contribution >= 0.6 is 11.3 Å². The molecule has 5 nitrogen and oxygen atoms in total. The molecule has 0 bridgehead atoms. The number of hydrogen-bond donors (Lipinski definition) is 0. The normalized spacial score (nSPS) is 11.2. The van der Waals surface area contributed by atoms with Crippen molar-refractivity contribution < 1.29 is 14.0 Å². The van der Waals surface area contributed by atoms with E-state index in [0.717, 1.165) is 0 Å². The van der Waals surface area contributed by atoms with Gasteiger partial charge in [0.2, 0.25) is 5.91 Å². The second kappa shape index (κ2) is 6.68. The van der Waals surface area contributed by atoms with Crippen LogP contribution in [-0.4, -0.2) is 30.9 Å². The van der Waals surface area contributed by atoms with Crippen molar-refractivity contribution in [2.75, 3.05) is 23.9 Å². The molecule has 7 heteroatoms. The highest BCUT2D eigenvalue weighted by Crippen LogP contribution is 2.28. The van der Waals surface area contributed by atoms with Gasteiger partial charge in [-0.15, -0.1) is 11.3 Å². The van der Waals surface area contributed by atoms with Gasteiger partial charge in [-0.3, -0.25) is 19.4 Å². The van der Waals surface area contributed by atoms with Crippen LogP contribution in [0, 0.1) is 11.2 Å². The van der Waals surface area contributed by atoms with Crippen LogP contribution in [0.1, 0.15) is 31.1 Å². The standard InChI is InChI=1S/C17H20FN3O2S/c1-17(2,3)15(23)20(4)13-10-24-16(19-13)21(5)14(22)11-6-8-12(18)9-7-11/h6-10H,1-5H3. The molecule has 1 heterocycles. The number of carbonyl (C=O) groups excluding carboxylic acids is 2. The summed E-state index contributed by atoms with van der Waals surface area (Å²) in [5, 5.41) is 2.20. The molecule has 0 saturated carbocycles. The van der Waals surface area contributed by atoms with Crippen molar-refractivity contribution in [3.63, 3.8) is 0 Å². The van der Waals surface area contributed by atoms with Crippen LogP contribution in [0.4, 0.5) is 15.3 Å². The molecule has 2 rings (SSSR count). The maximum absolute atomic E-state index is 13.0. The maximum Gasteiger partial charge on any atom is 0.259 e. The molecule has 1 aromatic heterocycles. The molecule has 0 aliphatic carbocycles. The summed E-state index contributed by atoms with van der Waals surface area (Å²) in [5.74, 6) is -0.255. The van der Waals surface area contributed by atoms with Crippen LogP contribution in [0.3, 0.4) is 0 Å². The van der Waals surface area contributed by atoms with E-state index in [1.54, 1.807) is 19.5 Å². The topological polar surface area (TPSA) is 53.5 Å². The van der Waals surface area contributed by atoms with Crippen molar-refractivity contribution in [2.45, 2.75) is 20.8 Å². The highest BCUT2D eigenvalue weighted by atomic mass is 32.1. The minimum atomic E-state index is -0.519. The monoisotopic (exact) mass is 349 g/mol. The summed E-state index contributed by atoms with van der Waals surface area (Å²) in [4.78, 5) is 32.0. The molecule has 0 radical (unpaired) electrons. The highest BCUT2D eigenvalue weighted by Gasteiger charge is 2.27. The Kier molecular flexibility index (Phi) is 5.03. The predicted molar refractivity (Wildman–Crippen MR) is 94.1 cm³/mol. The van der Waals surface area contributed by atoms with Gasteiger partial charge in [-0.2, -0.15) is 0 Å². The van der Waals surface area contributed by atoms with Gasteiger partial charge in [0.15, 0.2) is 5.13 Å². The van der Waals surface area contributed by atoms with E-state index in [2.05, 4.69) is 4.98 Å². The van der Waals surface area contributed by atoms with Gasteiger partial charge < -0.3 is 0 Å². The van der Waals surface area contributed by atoms with Crippen molar-refractivity contribution >= 4 is 34.1 Å². The average Bonchev–Trinajstić information content (AvgIpc) is 3.01. The van der Waals surface area contributed by atoms with E-state index in [1.807, 2.05) is 20.8 Å². The SMILES string of the molecule is CN(C(=O)C(C)(C)C)c1csc(N(C)C(=O)c2ccc(F)cc2)n1. The zero-order valence-corrected chi connectivity index (χ0v) is 15.1. The lowest BCUT2D eigenvalue weighted by atomic mass is 9.95. The second-order valence-corrected chi connectivity index (χ2v) is 7.31. The predicted octanol–water partition coefficient (Wildman–Crippen LogP) is 3.57. The summed E-state index contributed by atoms with van der Waals surface area (Å²) in [5.41, 5.74) is -0.149. The Hall–Kier alpha value is -2.28. The van der Waals surface area contributed by atoms with E-state index >= 15 is 0 Å². The molecule has 0 N–H and O–H groups in total. The van der Waals surface area contributed by atoms with Gasteiger partial charge in [-0.25, -0.2) is 9.37 Å². The highest BCUT2D eigenvalue weighted by molar-refractivity contribution is 7.14. The molecule has 0 fully saturated rings. The second-order valence-electron chi connectivity index (χ2n) is 6.47. The van der Waals surface area contributed by atoms with Gasteiger partial charge in [0.1, 0.15) is 11.6 Å². The fourth-order valence-electron chi connectivity index (χ4n) is 2.04. The third kappa shape index (κ3) is 3.79.